The summed E-state index contributed by atoms with van der Waals surface area (Å²) in [6, 6.07) is 1.52. The average Bonchev–Trinajstić information content (AvgIpc) is 1.89. The third kappa shape index (κ3) is 1.05. The van der Waals surface area contributed by atoms with Crippen LogP contribution in [-0.4, -0.2) is 16.3 Å². The zero-order valence-electron chi connectivity index (χ0n) is 4.63. The van der Waals surface area contributed by atoms with Crippen molar-refractivity contribution in [2.75, 3.05) is 0 Å². The van der Waals surface area contributed by atoms with Crippen molar-refractivity contribution < 1.29 is 5.11 Å². The quantitative estimate of drug-likeness (QED) is 0.536. The summed E-state index contributed by atoms with van der Waals surface area (Å²) in [6.07, 6.45) is 4.83. The van der Waals surface area contributed by atoms with Crippen LogP contribution in [0.15, 0.2) is 18.5 Å². The van der Waals surface area contributed by atoms with E-state index in [-0.39, 0.29) is 5.75 Å². The van der Waals surface area contributed by atoms with Crippen LogP contribution in [0.1, 0.15) is 5.56 Å². The van der Waals surface area contributed by atoms with E-state index in [2.05, 4.69) is 11.2 Å². The summed E-state index contributed by atoms with van der Waals surface area (Å²) in [4.78, 5) is 3.62. The van der Waals surface area contributed by atoms with E-state index in [1.807, 2.05) is 0 Å². The largest absolute Gasteiger partial charge is 0.506 e. The molecule has 0 amide bonds. The van der Waals surface area contributed by atoms with Crippen molar-refractivity contribution in [3.05, 3.63) is 24.0 Å². The molecule has 9 heavy (non-hydrogen) atoms. The van der Waals surface area contributed by atoms with Gasteiger partial charge in [0.05, 0.1) is 12.4 Å². The minimum absolute atomic E-state index is 0.00694. The normalized spacial score (nSPS) is 8.89. The van der Waals surface area contributed by atoms with Gasteiger partial charge in [0.25, 0.3) is 0 Å². The molecule has 1 aromatic heterocycles. The Kier molecular flexibility index (Phi) is 1.44. The van der Waals surface area contributed by atoms with E-state index in [0.717, 1.165) is 0 Å². The molecule has 0 unspecified atom stereocenters. The SMILES string of the molecule is N=[C]c1ccncc1O. The second-order valence-corrected chi connectivity index (χ2v) is 1.52. The van der Waals surface area contributed by atoms with E-state index < -0.39 is 0 Å². The summed E-state index contributed by atoms with van der Waals surface area (Å²) in [5, 5.41) is 15.5. The van der Waals surface area contributed by atoms with Gasteiger partial charge < -0.3 is 5.11 Å². The highest BCUT2D eigenvalue weighted by Crippen LogP contribution is 2.09. The first-order chi connectivity index (χ1) is 4.34. The van der Waals surface area contributed by atoms with Gasteiger partial charge in [-0.3, -0.25) is 10.4 Å². The Balaban J connectivity index is 3.15. The van der Waals surface area contributed by atoms with Crippen LogP contribution in [0.25, 0.3) is 0 Å². The van der Waals surface area contributed by atoms with Crippen LogP contribution in [0.2, 0.25) is 0 Å². The molecule has 0 aliphatic rings. The molecule has 0 aliphatic heterocycles. The van der Waals surface area contributed by atoms with Gasteiger partial charge in [-0.25, -0.2) is 0 Å². The highest BCUT2D eigenvalue weighted by molar-refractivity contribution is 5.80. The smallest absolute Gasteiger partial charge is 0.143 e. The molecule has 1 aromatic rings. The maximum absolute atomic E-state index is 8.87. The van der Waals surface area contributed by atoms with Crippen LogP contribution in [0.3, 0.4) is 0 Å². The zero-order chi connectivity index (χ0) is 6.69. The predicted octanol–water partition coefficient (Wildman–Crippen LogP) is 0.662. The Labute approximate surface area is 52.5 Å². The molecule has 0 fully saturated rings. The van der Waals surface area contributed by atoms with E-state index in [1.54, 1.807) is 0 Å². The molecule has 3 nitrogen and oxygen atoms in total. The maximum atomic E-state index is 8.87. The lowest BCUT2D eigenvalue weighted by atomic mass is 10.3. The minimum atomic E-state index is -0.00694. The highest BCUT2D eigenvalue weighted by atomic mass is 16.3. The van der Waals surface area contributed by atoms with Gasteiger partial charge in [-0.15, -0.1) is 0 Å². The molecule has 0 saturated carbocycles. The Hall–Kier alpha value is -1.38. The molecule has 45 valence electrons. The van der Waals surface area contributed by atoms with Gasteiger partial charge in [0.1, 0.15) is 5.75 Å². The van der Waals surface area contributed by atoms with Crippen LogP contribution in [0.5, 0.6) is 5.75 Å². The summed E-state index contributed by atoms with van der Waals surface area (Å²) in [6.45, 7) is 0. The summed E-state index contributed by atoms with van der Waals surface area (Å²) in [5.41, 5.74) is 0.366. The van der Waals surface area contributed by atoms with Gasteiger partial charge >= 0.3 is 0 Å². The van der Waals surface area contributed by atoms with Gasteiger partial charge in [0.15, 0.2) is 0 Å². The fourth-order valence-electron chi connectivity index (χ4n) is 0.492. The molecule has 3 heteroatoms. The minimum Gasteiger partial charge on any atom is -0.506 e. The number of rotatable bonds is 1. The summed E-state index contributed by atoms with van der Waals surface area (Å²) in [7, 11) is 0. The molecule has 0 bridgehead atoms. The van der Waals surface area contributed by atoms with Gasteiger partial charge in [0, 0.05) is 11.8 Å². The van der Waals surface area contributed by atoms with Crippen molar-refractivity contribution in [1.82, 2.24) is 4.98 Å². The number of aromatic hydroxyl groups is 1. The van der Waals surface area contributed by atoms with Crippen molar-refractivity contribution in [2.24, 2.45) is 0 Å². The molecular weight excluding hydrogens is 116 g/mol. The third-order valence-electron chi connectivity index (χ3n) is 0.935. The standard InChI is InChI=1S/C6H5N2O/c7-3-5-1-2-8-4-6(5)9/h1-2,4,7,9H. The second kappa shape index (κ2) is 2.26. The molecule has 2 N–H and O–H groups in total. The first kappa shape index (κ1) is 5.75. The van der Waals surface area contributed by atoms with Crippen molar-refractivity contribution in [3.63, 3.8) is 0 Å². The number of aromatic nitrogens is 1. The van der Waals surface area contributed by atoms with Crippen LogP contribution < -0.4 is 0 Å². The zero-order valence-corrected chi connectivity index (χ0v) is 4.63. The molecular formula is C6H5N2O. The van der Waals surface area contributed by atoms with E-state index in [0.29, 0.717) is 5.56 Å². The number of nitrogens with zero attached hydrogens (tertiary/aromatic N) is 1. The van der Waals surface area contributed by atoms with Gasteiger partial charge in [0.2, 0.25) is 0 Å². The van der Waals surface area contributed by atoms with Gasteiger partial charge in [-0.2, -0.15) is 0 Å². The monoisotopic (exact) mass is 121 g/mol. The van der Waals surface area contributed by atoms with Gasteiger partial charge in [-0.05, 0) is 6.07 Å². The Morgan fingerprint density at radius 2 is 2.44 bits per heavy atom. The topological polar surface area (TPSA) is 57.0 Å². The average molecular weight is 121 g/mol. The third-order valence-corrected chi connectivity index (χ3v) is 0.935. The number of nitrogens with one attached hydrogen (secondary N) is 1. The van der Waals surface area contributed by atoms with Crippen molar-refractivity contribution >= 4 is 6.21 Å². The number of hydrogen-bond acceptors (Lipinski definition) is 3. The predicted molar refractivity (Wildman–Crippen MR) is 32.7 cm³/mol. The summed E-state index contributed by atoms with van der Waals surface area (Å²) >= 11 is 0. The lowest BCUT2D eigenvalue weighted by Crippen LogP contribution is -1.80. The van der Waals surface area contributed by atoms with Crippen molar-refractivity contribution in [3.8, 4) is 5.75 Å². The van der Waals surface area contributed by atoms with E-state index in [9.17, 15) is 0 Å². The van der Waals surface area contributed by atoms with Crippen LogP contribution >= 0.6 is 0 Å². The summed E-state index contributed by atoms with van der Waals surface area (Å²) in [5.74, 6) is -0.00694. The van der Waals surface area contributed by atoms with Gasteiger partial charge in [-0.1, -0.05) is 0 Å². The Morgan fingerprint density at radius 3 is 2.89 bits per heavy atom. The van der Waals surface area contributed by atoms with E-state index >= 15 is 0 Å². The fraction of sp³-hybridized carbons (Fsp3) is 0. The number of pyridine rings is 1. The summed E-state index contributed by atoms with van der Waals surface area (Å²) < 4.78 is 0. The Bertz CT molecular complexity index is 222. The molecule has 0 aliphatic carbocycles. The first-order valence-corrected chi connectivity index (χ1v) is 2.40. The first-order valence-electron chi connectivity index (χ1n) is 2.40. The fourth-order valence-corrected chi connectivity index (χ4v) is 0.492. The maximum Gasteiger partial charge on any atom is 0.143 e. The lowest BCUT2D eigenvalue weighted by molar-refractivity contribution is 0.472. The van der Waals surface area contributed by atoms with E-state index in [1.165, 1.54) is 18.5 Å². The Morgan fingerprint density at radius 1 is 1.67 bits per heavy atom. The molecule has 0 spiro atoms. The van der Waals surface area contributed by atoms with Crippen LogP contribution in [0, 0.1) is 5.41 Å². The van der Waals surface area contributed by atoms with E-state index in [4.69, 9.17) is 10.5 Å². The molecule has 0 saturated heterocycles. The highest BCUT2D eigenvalue weighted by Gasteiger charge is 1.93. The molecule has 0 atom stereocenters. The van der Waals surface area contributed by atoms with Crippen LogP contribution in [0.4, 0.5) is 0 Å². The number of hydrogen-bond donors (Lipinski definition) is 2. The van der Waals surface area contributed by atoms with Crippen LogP contribution in [-0.2, 0) is 0 Å². The second-order valence-electron chi connectivity index (χ2n) is 1.52. The molecule has 0 aromatic carbocycles. The molecule has 1 rings (SSSR count). The van der Waals surface area contributed by atoms with Crippen molar-refractivity contribution in [2.45, 2.75) is 0 Å². The van der Waals surface area contributed by atoms with Crippen molar-refractivity contribution in [1.29, 1.82) is 5.41 Å². The lowest BCUT2D eigenvalue weighted by Gasteiger charge is -1.91. The molecule has 1 heterocycles. The molecule has 1 radical (unpaired) electrons.